The molecule has 0 aliphatic carbocycles. The van der Waals surface area contributed by atoms with E-state index in [4.69, 9.17) is 17.3 Å². The minimum absolute atomic E-state index is 0.482. The zero-order valence-corrected chi connectivity index (χ0v) is 9.16. The number of nitrogens with zero attached hydrogens (tertiary/aromatic N) is 3. The predicted octanol–water partition coefficient (Wildman–Crippen LogP) is 3.79. The summed E-state index contributed by atoms with van der Waals surface area (Å²) in [4.78, 5) is 3.86. The molecule has 0 saturated carbocycles. The van der Waals surface area contributed by atoms with Crippen molar-refractivity contribution in [1.29, 1.82) is 0 Å². The van der Waals surface area contributed by atoms with E-state index in [0.29, 0.717) is 20.8 Å². The van der Waals surface area contributed by atoms with Gasteiger partial charge in [0.05, 0.1) is 11.9 Å². The van der Waals surface area contributed by atoms with Gasteiger partial charge in [-0.25, -0.2) is 4.98 Å². The fraction of sp³-hybridized carbons (Fsp3) is 0. The summed E-state index contributed by atoms with van der Waals surface area (Å²) < 4.78 is 0. The van der Waals surface area contributed by atoms with E-state index in [1.54, 1.807) is 18.3 Å². The summed E-state index contributed by atoms with van der Waals surface area (Å²) in [6, 6.07) is 7.15. The Kier molecular flexibility index (Phi) is 2.94. The van der Waals surface area contributed by atoms with Gasteiger partial charge in [0.15, 0.2) is 10.1 Å². The van der Waals surface area contributed by atoms with Crippen LogP contribution >= 0.6 is 22.9 Å². The van der Waals surface area contributed by atoms with Crippen LogP contribution in [-0.4, -0.2) is 4.98 Å². The molecule has 0 unspecified atom stereocenters. The third kappa shape index (κ3) is 2.74. The van der Waals surface area contributed by atoms with E-state index < -0.39 is 0 Å². The highest BCUT2D eigenvalue weighted by atomic mass is 35.5. The van der Waals surface area contributed by atoms with Crippen LogP contribution in [0, 0.1) is 0 Å². The monoisotopic (exact) mass is 238 g/mol. The molecule has 2 N–H and O–H groups in total. The predicted molar refractivity (Wildman–Crippen MR) is 62.2 cm³/mol. The Labute approximate surface area is 95.4 Å². The van der Waals surface area contributed by atoms with Crippen LogP contribution in [0.25, 0.3) is 0 Å². The number of halogens is 1. The number of hydrogen-bond acceptors (Lipinski definition) is 5. The fourth-order valence-electron chi connectivity index (χ4n) is 0.970. The van der Waals surface area contributed by atoms with Gasteiger partial charge in [0.25, 0.3) is 0 Å². The minimum Gasteiger partial charge on any atom is -0.375 e. The normalized spacial score (nSPS) is 11.0. The number of anilines is 1. The molecule has 76 valence electrons. The van der Waals surface area contributed by atoms with Gasteiger partial charge in [0.2, 0.25) is 0 Å². The van der Waals surface area contributed by atoms with Crippen molar-refractivity contribution in [3.8, 4) is 0 Å². The van der Waals surface area contributed by atoms with E-state index in [2.05, 4.69) is 15.2 Å². The molecule has 0 atom stereocenters. The first-order valence-corrected chi connectivity index (χ1v) is 5.32. The number of nitrogen functional groups attached to an aromatic ring is 1. The highest BCUT2D eigenvalue weighted by molar-refractivity contribution is 7.18. The van der Waals surface area contributed by atoms with Crippen LogP contribution in [0.2, 0.25) is 5.02 Å². The van der Waals surface area contributed by atoms with Crippen LogP contribution in [-0.2, 0) is 0 Å². The molecule has 0 aliphatic heterocycles. The Morgan fingerprint density at radius 1 is 1.33 bits per heavy atom. The van der Waals surface area contributed by atoms with Gasteiger partial charge in [0, 0.05) is 5.02 Å². The number of nitrogens with two attached hydrogens (primary N) is 1. The van der Waals surface area contributed by atoms with Crippen molar-refractivity contribution in [2.24, 2.45) is 10.2 Å². The standard InChI is InChI=1S/C9H7ClN4S/c10-6-2-1-3-7(4-6)13-14-8-5-12-9(11)15-8/h1-5H,(H2,11,12). The summed E-state index contributed by atoms with van der Waals surface area (Å²) in [5, 5.41) is 9.78. The lowest BCUT2D eigenvalue weighted by atomic mass is 10.3. The quantitative estimate of drug-likeness (QED) is 0.809. The number of azo groups is 1. The van der Waals surface area contributed by atoms with E-state index in [0.717, 1.165) is 0 Å². The number of hydrogen-bond donors (Lipinski definition) is 1. The van der Waals surface area contributed by atoms with E-state index in [1.807, 2.05) is 12.1 Å². The molecule has 0 fully saturated rings. The number of rotatable bonds is 2. The molecule has 1 aromatic carbocycles. The average molecular weight is 239 g/mol. The van der Waals surface area contributed by atoms with Crippen molar-refractivity contribution in [3.05, 3.63) is 35.5 Å². The zero-order valence-electron chi connectivity index (χ0n) is 7.59. The maximum absolute atomic E-state index is 5.80. The highest BCUT2D eigenvalue weighted by Crippen LogP contribution is 2.26. The SMILES string of the molecule is Nc1ncc(N=Nc2cccc(Cl)c2)s1. The van der Waals surface area contributed by atoms with Gasteiger partial charge in [0.1, 0.15) is 0 Å². The lowest BCUT2D eigenvalue weighted by molar-refractivity contribution is 1.24. The van der Waals surface area contributed by atoms with Crippen molar-refractivity contribution in [2.45, 2.75) is 0 Å². The molecule has 0 saturated heterocycles. The van der Waals surface area contributed by atoms with Gasteiger partial charge in [-0.1, -0.05) is 29.0 Å². The highest BCUT2D eigenvalue weighted by Gasteiger charge is 1.96. The third-order valence-electron chi connectivity index (χ3n) is 1.58. The van der Waals surface area contributed by atoms with E-state index in [9.17, 15) is 0 Å². The fourth-order valence-corrected chi connectivity index (χ4v) is 1.66. The van der Waals surface area contributed by atoms with Gasteiger partial charge in [-0.15, -0.1) is 10.2 Å². The van der Waals surface area contributed by atoms with Crippen LogP contribution in [0.1, 0.15) is 0 Å². The van der Waals surface area contributed by atoms with E-state index in [-0.39, 0.29) is 0 Å². The second kappa shape index (κ2) is 4.37. The summed E-state index contributed by atoms with van der Waals surface area (Å²) in [5.41, 5.74) is 6.16. The van der Waals surface area contributed by atoms with Crippen LogP contribution in [0.15, 0.2) is 40.7 Å². The van der Waals surface area contributed by atoms with E-state index >= 15 is 0 Å². The summed E-state index contributed by atoms with van der Waals surface area (Å²) in [6.07, 6.45) is 1.58. The Morgan fingerprint density at radius 2 is 2.20 bits per heavy atom. The molecule has 4 nitrogen and oxygen atoms in total. The number of benzene rings is 1. The molecule has 0 aliphatic rings. The van der Waals surface area contributed by atoms with E-state index in [1.165, 1.54) is 11.3 Å². The maximum atomic E-state index is 5.80. The summed E-state index contributed by atoms with van der Waals surface area (Å²) in [6.45, 7) is 0. The molecule has 0 radical (unpaired) electrons. The molecular weight excluding hydrogens is 232 g/mol. The zero-order chi connectivity index (χ0) is 10.7. The van der Waals surface area contributed by atoms with Gasteiger partial charge < -0.3 is 5.73 Å². The Morgan fingerprint density at radius 3 is 2.87 bits per heavy atom. The first-order valence-electron chi connectivity index (χ1n) is 4.12. The third-order valence-corrected chi connectivity index (χ3v) is 2.53. The molecule has 2 rings (SSSR count). The van der Waals surface area contributed by atoms with Crippen molar-refractivity contribution in [1.82, 2.24) is 4.98 Å². The summed E-state index contributed by atoms with van der Waals surface area (Å²) in [7, 11) is 0. The molecule has 0 amide bonds. The smallest absolute Gasteiger partial charge is 0.182 e. The molecule has 0 bridgehead atoms. The van der Waals surface area contributed by atoms with Gasteiger partial charge in [-0.05, 0) is 18.2 Å². The van der Waals surface area contributed by atoms with Gasteiger partial charge >= 0.3 is 0 Å². The van der Waals surface area contributed by atoms with Crippen LogP contribution in [0.4, 0.5) is 15.8 Å². The van der Waals surface area contributed by atoms with Crippen molar-refractivity contribution < 1.29 is 0 Å². The molecular formula is C9H7ClN4S. The molecule has 0 spiro atoms. The summed E-state index contributed by atoms with van der Waals surface area (Å²) >= 11 is 7.08. The molecule has 1 aromatic heterocycles. The van der Waals surface area contributed by atoms with Crippen molar-refractivity contribution >= 4 is 38.8 Å². The Hall–Kier alpha value is -1.46. The first-order chi connectivity index (χ1) is 7.24. The van der Waals surface area contributed by atoms with Crippen molar-refractivity contribution in [3.63, 3.8) is 0 Å². The second-order valence-corrected chi connectivity index (χ2v) is 4.19. The average Bonchev–Trinajstić information content (AvgIpc) is 2.62. The number of aromatic nitrogens is 1. The Bertz CT molecular complexity index is 494. The lowest BCUT2D eigenvalue weighted by Crippen LogP contribution is -1.77. The molecule has 6 heteroatoms. The first kappa shape index (κ1) is 10.1. The maximum Gasteiger partial charge on any atom is 0.182 e. The van der Waals surface area contributed by atoms with Gasteiger partial charge in [-0.3, -0.25) is 0 Å². The van der Waals surface area contributed by atoms with Crippen LogP contribution < -0.4 is 5.73 Å². The largest absolute Gasteiger partial charge is 0.375 e. The topological polar surface area (TPSA) is 63.6 Å². The second-order valence-electron chi connectivity index (χ2n) is 2.72. The molecule has 2 aromatic rings. The molecule has 15 heavy (non-hydrogen) atoms. The molecule has 1 heterocycles. The van der Waals surface area contributed by atoms with Crippen LogP contribution in [0.3, 0.4) is 0 Å². The van der Waals surface area contributed by atoms with Crippen LogP contribution in [0.5, 0.6) is 0 Å². The van der Waals surface area contributed by atoms with Gasteiger partial charge in [-0.2, -0.15) is 0 Å². The summed E-state index contributed by atoms with van der Waals surface area (Å²) in [5.74, 6) is 0. The minimum atomic E-state index is 0.482. The van der Waals surface area contributed by atoms with Crippen molar-refractivity contribution in [2.75, 3.05) is 5.73 Å². The number of thiazole rings is 1. The Balaban J connectivity index is 2.18. The lowest BCUT2D eigenvalue weighted by Gasteiger charge is -1.91.